The average molecular weight is 392 g/mol. The Labute approximate surface area is 169 Å². The van der Waals surface area contributed by atoms with E-state index in [0.717, 1.165) is 36.0 Å². The molecule has 1 saturated heterocycles. The molecule has 7 heteroatoms. The van der Waals surface area contributed by atoms with Gasteiger partial charge in [-0.2, -0.15) is 0 Å². The summed E-state index contributed by atoms with van der Waals surface area (Å²) in [7, 11) is 1.66. The van der Waals surface area contributed by atoms with Crippen LogP contribution in [0.4, 0.5) is 11.4 Å². The number of nitrogens with zero attached hydrogens (tertiary/aromatic N) is 3. The number of piperazine rings is 1. The Hall–Kier alpha value is -3.48. The van der Waals surface area contributed by atoms with Gasteiger partial charge in [0.15, 0.2) is 0 Å². The minimum atomic E-state index is -0.0306. The van der Waals surface area contributed by atoms with Gasteiger partial charge >= 0.3 is 0 Å². The van der Waals surface area contributed by atoms with E-state index in [1.807, 2.05) is 47.4 Å². The lowest BCUT2D eigenvalue weighted by Gasteiger charge is -2.36. The lowest BCUT2D eigenvalue weighted by Crippen LogP contribution is -2.49. The Kier molecular flexibility index (Phi) is 5.65. The highest BCUT2D eigenvalue weighted by Gasteiger charge is 2.23. The predicted octanol–water partition coefficient (Wildman–Crippen LogP) is 3.26. The molecule has 1 aromatic carbocycles. The van der Waals surface area contributed by atoms with Gasteiger partial charge in [-0.3, -0.25) is 4.79 Å². The van der Waals surface area contributed by atoms with Crippen molar-refractivity contribution in [2.45, 2.75) is 6.54 Å². The van der Waals surface area contributed by atoms with E-state index in [1.165, 1.54) is 0 Å². The number of aromatic nitrogens is 1. The Bertz CT molecular complexity index is 916. The second-order valence-electron chi connectivity index (χ2n) is 6.84. The highest BCUT2D eigenvalue weighted by molar-refractivity contribution is 5.92. The second-order valence-corrected chi connectivity index (χ2v) is 6.84. The van der Waals surface area contributed by atoms with Crippen molar-refractivity contribution in [2.75, 3.05) is 43.5 Å². The molecule has 29 heavy (non-hydrogen) atoms. The van der Waals surface area contributed by atoms with Crippen molar-refractivity contribution in [1.82, 2.24) is 9.88 Å². The number of methoxy groups -OCH3 is 1. The van der Waals surface area contributed by atoms with Crippen molar-refractivity contribution in [3.8, 4) is 5.75 Å². The van der Waals surface area contributed by atoms with E-state index in [0.29, 0.717) is 25.3 Å². The summed E-state index contributed by atoms with van der Waals surface area (Å²) >= 11 is 0. The third kappa shape index (κ3) is 4.51. The maximum atomic E-state index is 12.8. The fourth-order valence-corrected chi connectivity index (χ4v) is 3.35. The molecule has 0 aliphatic carbocycles. The lowest BCUT2D eigenvalue weighted by molar-refractivity contribution is 0.0741. The third-order valence-electron chi connectivity index (χ3n) is 5.03. The molecule has 0 unspecified atom stereocenters. The van der Waals surface area contributed by atoms with Gasteiger partial charge in [0.25, 0.3) is 5.91 Å². The highest BCUT2D eigenvalue weighted by Crippen LogP contribution is 2.21. The molecule has 2 aromatic heterocycles. The predicted molar refractivity (Wildman–Crippen MR) is 111 cm³/mol. The number of carbonyl (C=O) groups is 1. The average Bonchev–Trinajstić information content (AvgIpc) is 3.31. The zero-order valence-corrected chi connectivity index (χ0v) is 16.4. The molecule has 1 aliphatic rings. The Morgan fingerprint density at radius 3 is 2.52 bits per heavy atom. The van der Waals surface area contributed by atoms with Crippen molar-refractivity contribution in [2.24, 2.45) is 0 Å². The maximum Gasteiger partial charge on any atom is 0.272 e. The zero-order chi connectivity index (χ0) is 20.1. The smallest absolute Gasteiger partial charge is 0.272 e. The van der Waals surface area contributed by atoms with Gasteiger partial charge < -0.3 is 24.3 Å². The van der Waals surface area contributed by atoms with E-state index < -0.39 is 0 Å². The van der Waals surface area contributed by atoms with Gasteiger partial charge in [-0.1, -0.05) is 0 Å². The first-order chi connectivity index (χ1) is 14.2. The van der Waals surface area contributed by atoms with Crippen LogP contribution in [-0.4, -0.2) is 49.1 Å². The van der Waals surface area contributed by atoms with Crippen LogP contribution in [0.25, 0.3) is 0 Å². The van der Waals surface area contributed by atoms with Crippen LogP contribution in [-0.2, 0) is 6.54 Å². The number of carbonyl (C=O) groups excluding carboxylic acids is 1. The fourth-order valence-electron chi connectivity index (χ4n) is 3.35. The van der Waals surface area contributed by atoms with Crippen molar-refractivity contribution >= 4 is 17.3 Å². The number of benzene rings is 1. The van der Waals surface area contributed by atoms with Gasteiger partial charge in [-0.25, -0.2) is 4.98 Å². The first-order valence-corrected chi connectivity index (χ1v) is 9.63. The first kappa shape index (κ1) is 18.9. The first-order valence-electron chi connectivity index (χ1n) is 9.63. The quantitative estimate of drug-likeness (QED) is 0.694. The molecular weight excluding hydrogens is 368 g/mol. The second kappa shape index (κ2) is 8.68. The summed E-state index contributed by atoms with van der Waals surface area (Å²) in [6.45, 7) is 3.51. The van der Waals surface area contributed by atoms with Crippen LogP contribution in [0.15, 0.2) is 65.4 Å². The molecule has 150 valence electrons. The summed E-state index contributed by atoms with van der Waals surface area (Å²) < 4.78 is 10.5. The van der Waals surface area contributed by atoms with E-state index in [-0.39, 0.29) is 5.91 Å². The van der Waals surface area contributed by atoms with Crippen LogP contribution in [0.3, 0.4) is 0 Å². The largest absolute Gasteiger partial charge is 0.497 e. The highest BCUT2D eigenvalue weighted by atomic mass is 16.5. The van der Waals surface area contributed by atoms with Crippen molar-refractivity contribution in [3.63, 3.8) is 0 Å². The number of ether oxygens (including phenoxy) is 1. The number of pyridine rings is 1. The Balaban J connectivity index is 1.30. The van der Waals surface area contributed by atoms with Gasteiger partial charge in [0, 0.05) is 31.9 Å². The van der Waals surface area contributed by atoms with Gasteiger partial charge in [-0.05, 0) is 48.5 Å². The molecule has 3 heterocycles. The number of hydrogen-bond donors (Lipinski definition) is 1. The third-order valence-corrected chi connectivity index (χ3v) is 5.03. The summed E-state index contributed by atoms with van der Waals surface area (Å²) in [5, 5.41) is 3.23. The molecule has 0 spiro atoms. The molecular formula is C22H24N4O3. The van der Waals surface area contributed by atoms with E-state index in [1.54, 1.807) is 25.6 Å². The molecule has 7 nitrogen and oxygen atoms in total. The Morgan fingerprint density at radius 2 is 1.90 bits per heavy atom. The van der Waals surface area contributed by atoms with Crippen LogP contribution in [0.2, 0.25) is 0 Å². The van der Waals surface area contributed by atoms with Gasteiger partial charge in [0.1, 0.15) is 17.2 Å². The summed E-state index contributed by atoms with van der Waals surface area (Å²) in [4.78, 5) is 21.2. The van der Waals surface area contributed by atoms with Crippen LogP contribution < -0.4 is 15.0 Å². The molecule has 0 saturated carbocycles. The normalized spacial score (nSPS) is 14.0. The molecule has 0 bridgehead atoms. The Morgan fingerprint density at radius 1 is 1.10 bits per heavy atom. The molecule has 1 aliphatic heterocycles. The van der Waals surface area contributed by atoms with Crippen LogP contribution in [0.1, 0.15) is 16.2 Å². The number of nitrogens with one attached hydrogen (secondary N) is 1. The number of amides is 1. The minimum absolute atomic E-state index is 0.0306. The molecule has 1 N–H and O–H groups in total. The van der Waals surface area contributed by atoms with Crippen molar-refractivity contribution in [1.29, 1.82) is 0 Å². The van der Waals surface area contributed by atoms with Crippen LogP contribution in [0, 0.1) is 0 Å². The standard InChI is InChI=1S/C22H24N4O3/c1-28-19-7-5-18(6-8-19)25-10-12-26(13-11-25)22(27)21-9-4-17(15-24-21)23-16-20-3-2-14-29-20/h2-9,14-15,23H,10-13,16H2,1H3. The number of furan rings is 1. The molecule has 4 rings (SSSR count). The molecule has 0 radical (unpaired) electrons. The number of anilines is 2. The SMILES string of the molecule is COc1ccc(N2CCN(C(=O)c3ccc(NCc4ccco4)cn3)CC2)cc1. The lowest BCUT2D eigenvalue weighted by atomic mass is 10.2. The van der Waals surface area contributed by atoms with E-state index in [4.69, 9.17) is 9.15 Å². The van der Waals surface area contributed by atoms with Crippen molar-refractivity contribution in [3.05, 3.63) is 72.4 Å². The monoisotopic (exact) mass is 392 g/mol. The fraction of sp³-hybridized carbons (Fsp3) is 0.273. The maximum absolute atomic E-state index is 12.8. The topological polar surface area (TPSA) is 70.8 Å². The van der Waals surface area contributed by atoms with Gasteiger partial charge in [-0.15, -0.1) is 0 Å². The van der Waals surface area contributed by atoms with Crippen LogP contribution >= 0.6 is 0 Å². The molecule has 1 amide bonds. The van der Waals surface area contributed by atoms with Crippen LogP contribution in [0.5, 0.6) is 5.75 Å². The van der Waals surface area contributed by atoms with Crippen molar-refractivity contribution < 1.29 is 13.9 Å². The van der Waals surface area contributed by atoms with E-state index >= 15 is 0 Å². The van der Waals surface area contributed by atoms with Gasteiger partial charge in [0.05, 0.1) is 31.8 Å². The molecule has 3 aromatic rings. The molecule has 0 atom stereocenters. The summed E-state index contributed by atoms with van der Waals surface area (Å²) in [5.41, 5.74) is 2.46. The van der Waals surface area contributed by atoms with E-state index in [9.17, 15) is 4.79 Å². The van der Waals surface area contributed by atoms with E-state index in [2.05, 4.69) is 15.2 Å². The number of hydrogen-bond acceptors (Lipinski definition) is 6. The summed E-state index contributed by atoms with van der Waals surface area (Å²) in [6.07, 6.45) is 3.33. The van der Waals surface area contributed by atoms with Gasteiger partial charge in [0.2, 0.25) is 0 Å². The zero-order valence-electron chi connectivity index (χ0n) is 16.4. The summed E-state index contributed by atoms with van der Waals surface area (Å²) in [6, 6.07) is 15.4. The summed E-state index contributed by atoms with van der Waals surface area (Å²) in [5.74, 6) is 1.66. The molecule has 1 fully saturated rings. The minimum Gasteiger partial charge on any atom is -0.497 e. The number of rotatable bonds is 6.